The summed E-state index contributed by atoms with van der Waals surface area (Å²) in [6, 6.07) is 15.4. The molecule has 2 aromatic carbocycles. The minimum atomic E-state index is -3.18. The summed E-state index contributed by atoms with van der Waals surface area (Å²) in [7, 11) is -3.18. The van der Waals surface area contributed by atoms with Gasteiger partial charge in [-0.2, -0.15) is 0 Å². The van der Waals surface area contributed by atoms with E-state index in [4.69, 9.17) is 0 Å². The summed E-state index contributed by atoms with van der Waals surface area (Å²) >= 11 is 0. The lowest BCUT2D eigenvalue weighted by atomic mass is 9.97. The largest absolute Gasteiger partial charge is 0.338 e. The number of amides is 1. The Labute approximate surface area is 148 Å². The predicted molar refractivity (Wildman–Crippen MR) is 97.6 cm³/mol. The molecule has 0 heterocycles. The molecule has 0 aromatic heterocycles. The van der Waals surface area contributed by atoms with Gasteiger partial charge in [0.25, 0.3) is 5.91 Å². The van der Waals surface area contributed by atoms with Crippen molar-refractivity contribution < 1.29 is 18.0 Å². The fourth-order valence-electron chi connectivity index (χ4n) is 2.46. The first-order valence-corrected chi connectivity index (χ1v) is 10.1. The Morgan fingerprint density at radius 3 is 2.04 bits per heavy atom. The van der Waals surface area contributed by atoms with Gasteiger partial charge in [0, 0.05) is 30.5 Å². The predicted octanol–water partition coefficient (Wildman–Crippen LogP) is 2.42. The molecule has 1 amide bonds. The van der Waals surface area contributed by atoms with Crippen LogP contribution in [0.1, 0.15) is 33.2 Å². The molecule has 5 nitrogen and oxygen atoms in total. The second-order valence-electron chi connectivity index (χ2n) is 5.76. The van der Waals surface area contributed by atoms with E-state index in [1.165, 1.54) is 4.90 Å². The molecule has 0 spiro atoms. The van der Waals surface area contributed by atoms with Crippen molar-refractivity contribution in [1.82, 2.24) is 4.90 Å². The normalized spacial score (nSPS) is 11.1. The van der Waals surface area contributed by atoms with Gasteiger partial charge in [0.1, 0.15) is 9.84 Å². The maximum Gasteiger partial charge on any atom is 0.254 e. The maximum atomic E-state index is 12.8. The standard InChI is InChI=1S/C19H21NO4S/c1-3-20(13-14-25(2,23)24)19(22)17-12-8-7-11-16(17)18(21)15-9-5-4-6-10-15/h4-12H,3,13-14H2,1-2H3. The number of hydrogen-bond acceptors (Lipinski definition) is 4. The molecule has 0 saturated heterocycles. The van der Waals surface area contributed by atoms with Crippen LogP contribution in [0.2, 0.25) is 0 Å². The first-order valence-electron chi connectivity index (χ1n) is 7.99. The molecule has 0 atom stereocenters. The van der Waals surface area contributed by atoms with Crippen LogP contribution in [0.25, 0.3) is 0 Å². The zero-order valence-corrected chi connectivity index (χ0v) is 15.1. The Morgan fingerprint density at radius 2 is 1.48 bits per heavy atom. The highest BCUT2D eigenvalue weighted by molar-refractivity contribution is 7.90. The minimum absolute atomic E-state index is 0.0992. The lowest BCUT2D eigenvalue weighted by molar-refractivity contribution is 0.0769. The summed E-state index contributed by atoms with van der Waals surface area (Å²) in [6.45, 7) is 2.24. The fourth-order valence-corrected chi connectivity index (χ4v) is 3.01. The van der Waals surface area contributed by atoms with Crippen molar-refractivity contribution in [3.8, 4) is 0 Å². The number of carbonyl (C=O) groups excluding carboxylic acids is 2. The van der Waals surface area contributed by atoms with E-state index in [9.17, 15) is 18.0 Å². The Kier molecular flexibility index (Phi) is 6.09. The van der Waals surface area contributed by atoms with E-state index in [-0.39, 0.29) is 29.6 Å². The average Bonchev–Trinajstić information content (AvgIpc) is 2.61. The highest BCUT2D eigenvalue weighted by Gasteiger charge is 2.22. The number of ketones is 1. The van der Waals surface area contributed by atoms with Crippen LogP contribution in [0, 0.1) is 0 Å². The second-order valence-corrected chi connectivity index (χ2v) is 8.02. The summed E-state index contributed by atoms with van der Waals surface area (Å²) in [6.07, 6.45) is 1.14. The van der Waals surface area contributed by atoms with Crippen LogP contribution in [0.15, 0.2) is 54.6 Å². The molecule has 25 heavy (non-hydrogen) atoms. The molecule has 2 rings (SSSR count). The summed E-state index contributed by atoms with van der Waals surface area (Å²) in [5.41, 5.74) is 1.10. The first kappa shape index (κ1) is 18.9. The number of rotatable bonds is 7. The van der Waals surface area contributed by atoms with Crippen LogP contribution in [-0.2, 0) is 9.84 Å². The van der Waals surface area contributed by atoms with Gasteiger partial charge < -0.3 is 4.90 Å². The first-order chi connectivity index (χ1) is 11.8. The highest BCUT2D eigenvalue weighted by atomic mass is 32.2. The van der Waals surface area contributed by atoms with Crippen molar-refractivity contribution in [3.63, 3.8) is 0 Å². The third kappa shape index (κ3) is 5.00. The number of sulfone groups is 1. The molecule has 2 aromatic rings. The zero-order valence-electron chi connectivity index (χ0n) is 14.3. The maximum absolute atomic E-state index is 12.8. The van der Waals surface area contributed by atoms with E-state index in [0.717, 1.165) is 6.26 Å². The molecule has 0 aliphatic rings. The topological polar surface area (TPSA) is 71.5 Å². The SMILES string of the molecule is CCN(CCS(C)(=O)=O)C(=O)c1ccccc1C(=O)c1ccccc1. The summed E-state index contributed by atoms with van der Waals surface area (Å²) < 4.78 is 22.8. The van der Waals surface area contributed by atoms with Gasteiger partial charge in [-0.15, -0.1) is 0 Å². The summed E-state index contributed by atoms with van der Waals surface area (Å²) in [5.74, 6) is -0.684. The Hall–Kier alpha value is -2.47. The van der Waals surface area contributed by atoms with Crippen molar-refractivity contribution in [2.45, 2.75) is 6.92 Å². The molecule has 0 bridgehead atoms. The monoisotopic (exact) mass is 359 g/mol. The number of nitrogens with zero attached hydrogens (tertiary/aromatic N) is 1. The quantitative estimate of drug-likeness (QED) is 0.712. The van der Waals surface area contributed by atoms with E-state index in [1.807, 2.05) is 6.07 Å². The van der Waals surface area contributed by atoms with E-state index < -0.39 is 9.84 Å². The molecule has 6 heteroatoms. The molecular weight excluding hydrogens is 338 g/mol. The molecule has 0 N–H and O–H groups in total. The molecule has 0 fully saturated rings. The van der Waals surface area contributed by atoms with Crippen molar-refractivity contribution >= 4 is 21.5 Å². The number of hydrogen-bond donors (Lipinski definition) is 0. The molecule has 0 aliphatic carbocycles. The van der Waals surface area contributed by atoms with E-state index in [2.05, 4.69) is 0 Å². The van der Waals surface area contributed by atoms with Gasteiger partial charge in [-0.3, -0.25) is 9.59 Å². The van der Waals surface area contributed by atoms with E-state index >= 15 is 0 Å². The highest BCUT2D eigenvalue weighted by Crippen LogP contribution is 2.17. The van der Waals surface area contributed by atoms with Gasteiger partial charge in [-0.05, 0) is 13.0 Å². The molecule has 132 valence electrons. The van der Waals surface area contributed by atoms with Crippen LogP contribution in [0.5, 0.6) is 0 Å². The summed E-state index contributed by atoms with van der Waals surface area (Å²) in [4.78, 5) is 27.0. The number of carbonyl (C=O) groups is 2. The Balaban J connectivity index is 2.32. The van der Waals surface area contributed by atoms with Crippen molar-refractivity contribution in [2.75, 3.05) is 25.1 Å². The van der Waals surface area contributed by atoms with Gasteiger partial charge in [0.05, 0.1) is 11.3 Å². The van der Waals surface area contributed by atoms with Crippen LogP contribution in [0.4, 0.5) is 0 Å². The summed E-state index contributed by atoms with van der Waals surface area (Å²) in [5, 5.41) is 0. The molecule has 0 saturated carbocycles. The zero-order chi connectivity index (χ0) is 18.4. The lowest BCUT2D eigenvalue weighted by Gasteiger charge is -2.21. The van der Waals surface area contributed by atoms with Gasteiger partial charge in [-0.1, -0.05) is 48.5 Å². The van der Waals surface area contributed by atoms with Crippen molar-refractivity contribution in [3.05, 3.63) is 71.3 Å². The van der Waals surface area contributed by atoms with Crippen molar-refractivity contribution in [2.24, 2.45) is 0 Å². The van der Waals surface area contributed by atoms with E-state index in [0.29, 0.717) is 17.7 Å². The van der Waals surface area contributed by atoms with Gasteiger partial charge in [0.15, 0.2) is 5.78 Å². The average molecular weight is 359 g/mol. The van der Waals surface area contributed by atoms with Crippen molar-refractivity contribution in [1.29, 1.82) is 0 Å². The van der Waals surface area contributed by atoms with Crippen LogP contribution < -0.4 is 0 Å². The number of benzene rings is 2. The van der Waals surface area contributed by atoms with Crippen LogP contribution >= 0.6 is 0 Å². The van der Waals surface area contributed by atoms with Crippen LogP contribution in [-0.4, -0.2) is 50.1 Å². The van der Waals surface area contributed by atoms with Gasteiger partial charge in [-0.25, -0.2) is 8.42 Å². The third-order valence-corrected chi connectivity index (χ3v) is 4.76. The second kappa shape index (κ2) is 8.07. The van der Waals surface area contributed by atoms with Gasteiger partial charge >= 0.3 is 0 Å². The van der Waals surface area contributed by atoms with E-state index in [1.54, 1.807) is 55.5 Å². The van der Waals surface area contributed by atoms with Gasteiger partial charge in [0.2, 0.25) is 0 Å². The lowest BCUT2D eigenvalue weighted by Crippen LogP contribution is -2.35. The van der Waals surface area contributed by atoms with Crippen LogP contribution in [0.3, 0.4) is 0 Å². The molecule has 0 aliphatic heterocycles. The molecule has 0 unspecified atom stereocenters. The fraction of sp³-hybridized carbons (Fsp3) is 0.263. The Bertz CT molecular complexity index is 860. The minimum Gasteiger partial charge on any atom is -0.338 e. The third-order valence-electron chi connectivity index (χ3n) is 3.84. The molecule has 0 radical (unpaired) electrons. The smallest absolute Gasteiger partial charge is 0.254 e. The Morgan fingerprint density at radius 1 is 0.920 bits per heavy atom. The molecular formula is C19H21NO4S.